The lowest BCUT2D eigenvalue weighted by molar-refractivity contribution is 0.183. The standard InChI is InChI=1S/C11H25N3/c1-4-14-9-11(5-7-12)13(3)8-6-10(14)2/h10-11H,4-9,12H2,1-3H3. The van der Waals surface area contributed by atoms with Gasteiger partial charge in [0.25, 0.3) is 0 Å². The smallest absolute Gasteiger partial charge is 0.0232 e. The molecule has 0 amide bonds. The normalized spacial score (nSPS) is 31.7. The fourth-order valence-electron chi connectivity index (χ4n) is 2.29. The Morgan fingerprint density at radius 3 is 2.71 bits per heavy atom. The second kappa shape index (κ2) is 5.69. The molecule has 0 spiro atoms. The van der Waals surface area contributed by atoms with E-state index in [0.29, 0.717) is 6.04 Å². The Balaban J connectivity index is 2.56. The molecule has 0 aromatic rings. The first kappa shape index (κ1) is 12.0. The molecule has 84 valence electrons. The Morgan fingerprint density at radius 2 is 2.14 bits per heavy atom. The molecule has 1 aliphatic rings. The molecule has 0 saturated carbocycles. The molecule has 1 aliphatic heterocycles. The van der Waals surface area contributed by atoms with Crippen LogP contribution in [0, 0.1) is 0 Å². The first-order valence-corrected chi connectivity index (χ1v) is 5.83. The second-order valence-corrected chi connectivity index (χ2v) is 4.44. The Kier molecular flexibility index (Phi) is 4.85. The summed E-state index contributed by atoms with van der Waals surface area (Å²) in [6.45, 7) is 8.95. The van der Waals surface area contributed by atoms with Gasteiger partial charge >= 0.3 is 0 Å². The molecule has 0 aromatic carbocycles. The Morgan fingerprint density at radius 1 is 1.43 bits per heavy atom. The van der Waals surface area contributed by atoms with E-state index in [9.17, 15) is 0 Å². The molecule has 0 aromatic heterocycles. The number of likely N-dealkylation sites (N-methyl/N-ethyl adjacent to an activating group) is 2. The van der Waals surface area contributed by atoms with Crippen molar-refractivity contribution in [3.63, 3.8) is 0 Å². The summed E-state index contributed by atoms with van der Waals surface area (Å²) in [6.07, 6.45) is 2.41. The summed E-state index contributed by atoms with van der Waals surface area (Å²) >= 11 is 0. The van der Waals surface area contributed by atoms with Crippen molar-refractivity contribution in [3.05, 3.63) is 0 Å². The van der Waals surface area contributed by atoms with Crippen molar-refractivity contribution >= 4 is 0 Å². The number of nitrogens with two attached hydrogens (primary N) is 1. The molecule has 1 fully saturated rings. The van der Waals surface area contributed by atoms with Gasteiger partial charge in [-0.1, -0.05) is 6.92 Å². The van der Waals surface area contributed by atoms with E-state index in [2.05, 4.69) is 30.7 Å². The van der Waals surface area contributed by atoms with Crippen LogP contribution in [0.4, 0.5) is 0 Å². The van der Waals surface area contributed by atoms with Gasteiger partial charge in [-0.05, 0) is 46.4 Å². The zero-order chi connectivity index (χ0) is 10.6. The summed E-state index contributed by atoms with van der Waals surface area (Å²) in [4.78, 5) is 5.04. The van der Waals surface area contributed by atoms with Crippen LogP contribution in [0.2, 0.25) is 0 Å². The zero-order valence-electron chi connectivity index (χ0n) is 9.87. The van der Waals surface area contributed by atoms with Crippen LogP contribution >= 0.6 is 0 Å². The highest BCUT2D eigenvalue weighted by Gasteiger charge is 2.24. The molecule has 0 bridgehead atoms. The van der Waals surface area contributed by atoms with E-state index in [1.54, 1.807) is 0 Å². The minimum Gasteiger partial charge on any atom is -0.330 e. The predicted molar refractivity (Wildman–Crippen MR) is 61.4 cm³/mol. The number of rotatable bonds is 3. The van der Waals surface area contributed by atoms with Crippen molar-refractivity contribution in [1.29, 1.82) is 0 Å². The molecule has 0 aliphatic carbocycles. The van der Waals surface area contributed by atoms with Gasteiger partial charge in [-0.2, -0.15) is 0 Å². The Bertz CT molecular complexity index is 161. The average molecular weight is 199 g/mol. The highest BCUT2D eigenvalue weighted by atomic mass is 15.2. The van der Waals surface area contributed by atoms with Gasteiger partial charge in [0.05, 0.1) is 0 Å². The minimum absolute atomic E-state index is 0.657. The van der Waals surface area contributed by atoms with Crippen LogP contribution in [-0.2, 0) is 0 Å². The van der Waals surface area contributed by atoms with Crippen LogP contribution < -0.4 is 5.73 Å². The van der Waals surface area contributed by atoms with Gasteiger partial charge in [0.1, 0.15) is 0 Å². The summed E-state index contributed by atoms with van der Waals surface area (Å²) in [5, 5.41) is 0. The first-order valence-electron chi connectivity index (χ1n) is 5.83. The van der Waals surface area contributed by atoms with E-state index >= 15 is 0 Å². The van der Waals surface area contributed by atoms with Crippen LogP contribution in [0.3, 0.4) is 0 Å². The topological polar surface area (TPSA) is 32.5 Å². The molecule has 0 radical (unpaired) electrons. The van der Waals surface area contributed by atoms with E-state index in [0.717, 1.165) is 25.6 Å². The van der Waals surface area contributed by atoms with E-state index in [1.165, 1.54) is 19.5 Å². The van der Waals surface area contributed by atoms with Crippen LogP contribution in [0.5, 0.6) is 0 Å². The largest absolute Gasteiger partial charge is 0.330 e. The van der Waals surface area contributed by atoms with Crippen LogP contribution in [0.15, 0.2) is 0 Å². The number of nitrogens with zero attached hydrogens (tertiary/aromatic N) is 2. The molecule has 2 unspecified atom stereocenters. The maximum absolute atomic E-state index is 5.65. The van der Waals surface area contributed by atoms with Gasteiger partial charge in [-0.25, -0.2) is 0 Å². The quantitative estimate of drug-likeness (QED) is 0.728. The predicted octanol–water partition coefficient (Wildman–Crippen LogP) is 0.750. The minimum atomic E-state index is 0.657. The van der Waals surface area contributed by atoms with Crippen molar-refractivity contribution in [1.82, 2.24) is 9.80 Å². The molecule has 1 saturated heterocycles. The molecule has 2 N–H and O–H groups in total. The van der Waals surface area contributed by atoms with E-state index in [4.69, 9.17) is 5.73 Å². The monoisotopic (exact) mass is 199 g/mol. The van der Waals surface area contributed by atoms with Crippen molar-refractivity contribution in [2.75, 3.05) is 33.2 Å². The van der Waals surface area contributed by atoms with Crippen molar-refractivity contribution in [2.24, 2.45) is 5.73 Å². The van der Waals surface area contributed by atoms with Crippen LogP contribution in [0.1, 0.15) is 26.7 Å². The van der Waals surface area contributed by atoms with E-state index < -0.39 is 0 Å². The summed E-state index contributed by atoms with van der Waals surface area (Å²) in [6, 6.07) is 1.38. The van der Waals surface area contributed by atoms with Crippen molar-refractivity contribution in [3.8, 4) is 0 Å². The maximum atomic E-state index is 5.65. The molecule has 2 atom stereocenters. The van der Waals surface area contributed by atoms with E-state index in [1.807, 2.05) is 0 Å². The lowest BCUT2D eigenvalue weighted by atomic mass is 10.1. The summed E-state index contributed by atoms with van der Waals surface area (Å²) in [5.74, 6) is 0. The van der Waals surface area contributed by atoms with Gasteiger partial charge in [0.2, 0.25) is 0 Å². The summed E-state index contributed by atoms with van der Waals surface area (Å²) in [7, 11) is 2.23. The highest BCUT2D eigenvalue weighted by Crippen LogP contribution is 2.15. The lowest BCUT2D eigenvalue weighted by Crippen LogP contribution is -2.41. The Labute approximate surface area is 88.2 Å². The Hall–Kier alpha value is -0.120. The fraction of sp³-hybridized carbons (Fsp3) is 1.00. The van der Waals surface area contributed by atoms with Gasteiger partial charge in [0, 0.05) is 18.6 Å². The summed E-state index contributed by atoms with van der Waals surface area (Å²) in [5.41, 5.74) is 5.65. The SMILES string of the molecule is CCN1CC(CCN)N(C)CCC1C. The van der Waals surface area contributed by atoms with Crippen LogP contribution in [-0.4, -0.2) is 55.1 Å². The van der Waals surface area contributed by atoms with Gasteiger partial charge in [-0.15, -0.1) is 0 Å². The van der Waals surface area contributed by atoms with Crippen molar-refractivity contribution < 1.29 is 0 Å². The van der Waals surface area contributed by atoms with Gasteiger partial charge in [-0.3, -0.25) is 4.90 Å². The fourth-order valence-corrected chi connectivity index (χ4v) is 2.29. The molecule has 1 rings (SSSR count). The molecular weight excluding hydrogens is 174 g/mol. The highest BCUT2D eigenvalue weighted by molar-refractivity contribution is 4.81. The van der Waals surface area contributed by atoms with Gasteiger partial charge in [0.15, 0.2) is 0 Å². The summed E-state index contributed by atoms with van der Waals surface area (Å²) < 4.78 is 0. The number of hydrogen-bond donors (Lipinski definition) is 1. The molecule has 3 nitrogen and oxygen atoms in total. The third-order valence-electron chi connectivity index (χ3n) is 3.50. The average Bonchev–Trinajstić information content (AvgIpc) is 2.31. The van der Waals surface area contributed by atoms with E-state index in [-0.39, 0.29) is 0 Å². The first-order chi connectivity index (χ1) is 6.69. The van der Waals surface area contributed by atoms with Crippen LogP contribution in [0.25, 0.3) is 0 Å². The molecule has 3 heteroatoms. The second-order valence-electron chi connectivity index (χ2n) is 4.44. The zero-order valence-corrected chi connectivity index (χ0v) is 9.87. The third kappa shape index (κ3) is 2.94. The molecule has 1 heterocycles. The van der Waals surface area contributed by atoms with Crippen molar-refractivity contribution in [2.45, 2.75) is 38.8 Å². The number of hydrogen-bond acceptors (Lipinski definition) is 3. The molecule has 14 heavy (non-hydrogen) atoms. The lowest BCUT2D eigenvalue weighted by Gasteiger charge is -2.29. The molecular formula is C11H25N3. The third-order valence-corrected chi connectivity index (χ3v) is 3.50. The maximum Gasteiger partial charge on any atom is 0.0232 e. The van der Waals surface area contributed by atoms with Gasteiger partial charge < -0.3 is 10.6 Å².